The van der Waals surface area contributed by atoms with Crippen molar-refractivity contribution < 1.29 is 9.90 Å². The summed E-state index contributed by atoms with van der Waals surface area (Å²) in [6, 6.07) is 11.9. The van der Waals surface area contributed by atoms with Gasteiger partial charge in [0.15, 0.2) is 11.5 Å². The molecule has 0 radical (unpaired) electrons. The van der Waals surface area contributed by atoms with E-state index in [9.17, 15) is 14.7 Å². The Hall–Kier alpha value is -3.78. The van der Waals surface area contributed by atoms with E-state index in [1.54, 1.807) is 37.5 Å². The Morgan fingerprint density at radius 1 is 1.19 bits per heavy atom. The summed E-state index contributed by atoms with van der Waals surface area (Å²) in [5.74, 6) is -0.750. The molecule has 4 aromatic rings. The number of carbonyl (C=O) groups is 1. The van der Waals surface area contributed by atoms with Crippen molar-refractivity contribution >= 4 is 34.2 Å². The molecule has 1 atom stereocenters. The molecule has 4 rings (SSSR count). The number of hydrogen-bond acceptors (Lipinski definition) is 6. The summed E-state index contributed by atoms with van der Waals surface area (Å²) in [6.07, 6.45) is 1.65. The molecular formula is C23H20ClN5O3. The van der Waals surface area contributed by atoms with Crippen molar-refractivity contribution in [2.45, 2.75) is 19.9 Å². The quantitative estimate of drug-likeness (QED) is 0.439. The highest BCUT2D eigenvalue weighted by Crippen LogP contribution is 2.29. The molecule has 0 aliphatic heterocycles. The zero-order valence-electron chi connectivity index (χ0n) is 17.6. The van der Waals surface area contributed by atoms with Gasteiger partial charge in [0.25, 0.3) is 5.56 Å². The van der Waals surface area contributed by atoms with Crippen LogP contribution in [0, 0.1) is 6.92 Å². The van der Waals surface area contributed by atoms with Crippen molar-refractivity contribution in [2.24, 2.45) is 7.05 Å². The Morgan fingerprint density at radius 2 is 1.97 bits per heavy atom. The standard InChI is InChI=1S/C23H20ClN5O3/c1-12-10-14(13(2)26-16-7-8-18(24)27-20(16)23(31)32)19-15(11-12)22(30)29(3)21(28-19)17-6-4-5-9-25-17/h4-11,13,26H,1-3H3,(H,31,32). The SMILES string of the molecule is Cc1cc(C(C)Nc2ccc(Cl)nc2C(=O)O)c2nc(-c3ccccn3)n(C)c(=O)c2c1. The number of anilines is 1. The van der Waals surface area contributed by atoms with E-state index in [1.807, 2.05) is 26.0 Å². The van der Waals surface area contributed by atoms with Crippen LogP contribution in [0.3, 0.4) is 0 Å². The van der Waals surface area contributed by atoms with Crippen LogP contribution in [0.5, 0.6) is 0 Å². The molecule has 8 nitrogen and oxygen atoms in total. The minimum Gasteiger partial charge on any atom is -0.476 e. The first-order valence-electron chi connectivity index (χ1n) is 9.85. The van der Waals surface area contributed by atoms with Gasteiger partial charge < -0.3 is 10.4 Å². The molecule has 32 heavy (non-hydrogen) atoms. The van der Waals surface area contributed by atoms with Crippen LogP contribution in [0.15, 0.2) is 53.5 Å². The predicted octanol–water partition coefficient (Wildman–Crippen LogP) is 4.22. The summed E-state index contributed by atoms with van der Waals surface area (Å²) in [6.45, 7) is 3.77. The molecule has 0 amide bonds. The predicted molar refractivity (Wildman–Crippen MR) is 123 cm³/mol. The van der Waals surface area contributed by atoms with Gasteiger partial charge in [-0.1, -0.05) is 23.7 Å². The number of benzene rings is 1. The fourth-order valence-electron chi connectivity index (χ4n) is 3.63. The molecule has 1 unspecified atom stereocenters. The summed E-state index contributed by atoms with van der Waals surface area (Å²) in [7, 11) is 1.67. The third kappa shape index (κ3) is 3.92. The Kier molecular flexibility index (Phi) is 5.63. The zero-order valence-corrected chi connectivity index (χ0v) is 18.4. The van der Waals surface area contributed by atoms with Crippen molar-refractivity contribution in [3.05, 3.63) is 81.0 Å². The zero-order chi connectivity index (χ0) is 23.0. The van der Waals surface area contributed by atoms with Gasteiger partial charge in [0.2, 0.25) is 0 Å². The van der Waals surface area contributed by atoms with Crippen LogP contribution >= 0.6 is 11.6 Å². The maximum atomic E-state index is 13.2. The van der Waals surface area contributed by atoms with Gasteiger partial charge in [-0.25, -0.2) is 14.8 Å². The number of aromatic carboxylic acids is 1. The lowest BCUT2D eigenvalue weighted by molar-refractivity contribution is 0.0691. The maximum Gasteiger partial charge on any atom is 0.356 e. The van der Waals surface area contributed by atoms with Gasteiger partial charge in [0.1, 0.15) is 10.8 Å². The van der Waals surface area contributed by atoms with Gasteiger partial charge in [-0.2, -0.15) is 0 Å². The Labute approximate surface area is 188 Å². The number of nitrogens with one attached hydrogen (secondary N) is 1. The highest BCUT2D eigenvalue weighted by molar-refractivity contribution is 6.29. The number of fused-ring (bicyclic) bond motifs is 1. The van der Waals surface area contributed by atoms with E-state index in [2.05, 4.69) is 15.3 Å². The van der Waals surface area contributed by atoms with Gasteiger partial charge in [0, 0.05) is 18.8 Å². The van der Waals surface area contributed by atoms with Gasteiger partial charge in [-0.3, -0.25) is 14.3 Å². The van der Waals surface area contributed by atoms with Crippen LogP contribution < -0.4 is 10.9 Å². The van der Waals surface area contributed by atoms with Crippen molar-refractivity contribution in [1.82, 2.24) is 19.5 Å². The summed E-state index contributed by atoms with van der Waals surface area (Å²) in [5, 5.41) is 13.2. The van der Waals surface area contributed by atoms with E-state index >= 15 is 0 Å². The Bertz CT molecular complexity index is 1400. The minimum atomic E-state index is -1.19. The van der Waals surface area contributed by atoms with Crippen LogP contribution in [0.4, 0.5) is 5.69 Å². The molecule has 9 heteroatoms. The number of aromatic nitrogens is 4. The van der Waals surface area contributed by atoms with E-state index < -0.39 is 5.97 Å². The Balaban J connectivity index is 1.88. The number of nitrogens with zero attached hydrogens (tertiary/aromatic N) is 4. The van der Waals surface area contributed by atoms with Crippen LogP contribution in [0.25, 0.3) is 22.4 Å². The lowest BCUT2D eigenvalue weighted by atomic mass is 10.0. The minimum absolute atomic E-state index is 0.0896. The van der Waals surface area contributed by atoms with Crippen molar-refractivity contribution in [1.29, 1.82) is 0 Å². The number of carboxylic acid groups (broad SMARTS) is 1. The van der Waals surface area contributed by atoms with E-state index in [0.717, 1.165) is 11.1 Å². The molecule has 0 fully saturated rings. The first-order chi connectivity index (χ1) is 15.3. The molecule has 1 aromatic carbocycles. The third-order valence-electron chi connectivity index (χ3n) is 5.15. The summed E-state index contributed by atoms with van der Waals surface area (Å²) in [4.78, 5) is 37.8. The molecule has 0 aliphatic carbocycles. The summed E-state index contributed by atoms with van der Waals surface area (Å²) < 4.78 is 1.48. The monoisotopic (exact) mass is 449 g/mol. The molecule has 0 aliphatic rings. The Morgan fingerprint density at radius 3 is 2.66 bits per heavy atom. The molecule has 0 saturated carbocycles. The number of hydrogen-bond donors (Lipinski definition) is 2. The first-order valence-corrected chi connectivity index (χ1v) is 10.2. The highest BCUT2D eigenvalue weighted by Gasteiger charge is 2.20. The molecule has 2 N–H and O–H groups in total. The largest absolute Gasteiger partial charge is 0.476 e. The van der Waals surface area contributed by atoms with Gasteiger partial charge in [0.05, 0.1) is 22.6 Å². The van der Waals surface area contributed by atoms with Gasteiger partial charge >= 0.3 is 5.97 Å². The molecule has 3 heterocycles. The summed E-state index contributed by atoms with van der Waals surface area (Å²) >= 11 is 5.87. The second-order valence-corrected chi connectivity index (χ2v) is 7.85. The van der Waals surface area contributed by atoms with Crippen molar-refractivity contribution in [2.75, 3.05) is 5.32 Å². The molecule has 3 aromatic heterocycles. The summed E-state index contributed by atoms with van der Waals surface area (Å²) in [5.41, 5.74) is 2.69. The normalized spacial score (nSPS) is 12.0. The van der Waals surface area contributed by atoms with E-state index in [4.69, 9.17) is 16.6 Å². The third-order valence-corrected chi connectivity index (χ3v) is 5.36. The van der Waals surface area contributed by atoms with Crippen molar-refractivity contribution in [3.63, 3.8) is 0 Å². The van der Waals surface area contributed by atoms with Crippen LogP contribution in [-0.2, 0) is 7.05 Å². The molecule has 0 saturated heterocycles. The second-order valence-electron chi connectivity index (χ2n) is 7.47. The number of aryl methyl sites for hydroxylation is 1. The molecule has 0 bridgehead atoms. The lowest BCUT2D eigenvalue weighted by Crippen LogP contribution is -2.22. The van der Waals surface area contributed by atoms with Gasteiger partial charge in [-0.15, -0.1) is 0 Å². The number of pyridine rings is 2. The van der Waals surface area contributed by atoms with Crippen LogP contribution in [0.1, 0.15) is 34.6 Å². The number of halogens is 1. The number of rotatable bonds is 5. The average Bonchev–Trinajstić information content (AvgIpc) is 2.77. The van der Waals surface area contributed by atoms with Crippen LogP contribution in [0.2, 0.25) is 5.15 Å². The van der Waals surface area contributed by atoms with E-state index in [-0.39, 0.29) is 22.4 Å². The molecule has 0 spiro atoms. The lowest BCUT2D eigenvalue weighted by Gasteiger charge is -2.20. The second kappa shape index (κ2) is 8.39. The smallest absolute Gasteiger partial charge is 0.356 e. The van der Waals surface area contributed by atoms with Crippen molar-refractivity contribution in [3.8, 4) is 11.5 Å². The molecular weight excluding hydrogens is 430 g/mol. The molecule has 162 valence electrons. The van der Waals surface area contributed by atoms with E-state index in [1.165, 1.54) is 10.6 Å². The van der Waals surface area contributed by atoms with Crippen LogP contribution in [-0.4, -0.2) is 30.6 Å². The fourth-order valence-corrected chi connectivity index (χ4v) is 3.78. The van der Waals surface area contributed by atoms with Gasteiger partial charge in [-0.05, 0) is 49.7 Å². The highest BCUT2D eigenvalue weighted by atomic mass is 35.5. The first kappa shape index (κ1) is 21.5. The maximum absolute atomic E-state index is 13.2. The van der Waals surface area contributed by atoms with E-state index in [0.29, 0.717) is 28.1 Å². The fraction of sp³-hybridized carbons (Fsp3) is 0.174. The number of carboxylic acids is 1. The average molecular weight is 450 g/mol. The topological polar surface area (TPSA) is 110 Å².